The molecule has 1 N–H and O–H groups in total. The number of nitriles is 1. The van der Waals surface area contributed by atoms with Crippen molar-refractivity contribution in [2.24, 2.45) is 10.2 Å². The summed E-state index contributed by atoms with van der Waals surface area (Å²) in [4.78, 5) is 18.0. The molecule has 0 aliphatic rings. The highest BCUT2D eigenvalue weighted by Gasteiger charge is 2.17. The maximum atomic E-state index is 9.37. The molecule has 0 aliphatic carbocycles. The van der Waals surface area contributed by atoms with Gasteiger partial charge in [-0.2, -0.15) is 15.0 Å². The predicted octanol–water partition coefficient (Wildman–Crippen LogP) is 3.47. The summed E-state index contributed by atoms with van der Waals surface area (Å²) in [6, 6.07) is 7.66. The third kappa shape index (κ3) is 3.24. The summed E-state index contributed by atoms with van der Waals surface area (Å²) in [6.45, 7) is 0. The number of azo groups is 1. The van der Waals surface area contributed by atoms with Crippen LogP contribution in [0.15, 0.2) is 53.2 Å². The minimum absolute atomic E-state index is 0.282. The average Bonchev–Trinajstić information content (AvgIpc) is 3.45. The van der Waals surface area contributed by atoms with Crippen LogP contribution in [0, 0.1) is 11.3 Å². The molecule has 28 heavy (non-hydrogen) atoms. The standard InChI is InChI=1S/C17H14N10S/c1-26(2)17-23-13(12-5-3-4-6-19-12)15(28-17)25-24-14-11(9-18)10-22-27(14)16-20-7-8-21-16/h3-8,10H,1-2H3,(H,20,21). The molecular weight excluding hydrogens is 376 g/mol. The maximum absolute atomic E-state index is 9.37. The normalized spacial score (nSPS) is 11.0. The van der Waals surface area contributed by atoms with Crippen molar-refractivity contribution in [3.8, 4) is 23.4 Å². The van der Waals surface area contributed by atoms with E-state index in [1.165, 1.54) is 22.2 Å². The van der Waals surface area contributed by atoms with Crippen molar-refractivity contribution < 1.29 is 0 Å². The number of hydrogen-bond acceptors (Lipinski definition) is 9. The summed E-state index contributed by atoms with van der Waals surface area (Å²) in [6.07, 6.45) is 6.38. The zero-order valence-corrected chi connectivity index (χ0v) is 15.8. The number of nitrogens with zero attached hydrogens (tertiary/aromatic N) is 9. The van der Waals surface area contributed by atoms with Gasteiger partial charge in [0.15, 0.2) is 16.0 Å². The Bertz CT molecular complexity index is 1150. The van der Waals surface area contributed by atoms with Gasteiger partial charge >= 0.3 is 0 Å². The molecular formula is C17H14N10S. The molecule has 0 unspecified atom stereocenters. The van der Waals surface area contributed by atoms with Crippen molar-refractivity contribution in [3.63, 3.8) is 0 Å². The largest absolute Gasteiger partial charge is 0.354 e. The summed E-state index contributed by atoms with van der Waals surface area (Å²) < 4.78 is 1.43. The summed E-state index contributed by atoms with van der Waals surface area (Å²) in [5.41, 5.74) is 1.61. The van der Waals surface area contributed by atoms with Crippen molar-refractivity contribution in [2.45, 2.75) is 0 Å². The number of rotatable bonds is 5. The Hall–Kier alpha value is -3.91. The van der Waals surface area contributed by atoms with Gasteiger partial charge in [-0.3, -0.25) is 4.98 Å². The van der Waals surface area contributed by atoms with Crippen molar-refractivity contribution in [1.82, 2.24) is 29.7 Å². The van der Waals surface area contributed by atoms with E-state index in [0.29, 0.717) is 22.3 Å². The predicted molar refractivity (Wildman–Crippen MR) is 104 cm³/mol. The third-order valence-corrected chi connectivity index (χ3v) is 4.78. The SMILES string of the molecule is CN(C)c1nc(-c2ccccn2)c(N=Nc2c(C#N)cnn2-c2ncc[nH]2)s1. The van der Waals surface area contributed by atoms with E-state index in [1.54, 1.807) is 18.6 Å². The van der Waals surface area contributed by atoms with Crippen LogP contribution in [0.3, 0.4) is 0 Å². The van der Waals surface area contributed by atoms with E-state index in [9.17, 15) is 5.26 Å². The molecule has 0 fully saturated rings. The summed E-state index contributed by atoms with van der Waals surface area (Å²) >= 11 is 1.38. The van der Waals surface area contributed by atoms with Crippen molar-refractivity contribution in [3.05, 3.63) is 48.5 Å². The van der Waals surface area contributed by atoms with Crippen LogP contribution in [-0.4, -0.2) is 43.8 Å². The van der Waals surface area contributed by atoms with Gasteiger partial charge in [0.05, 0.1) is 11.9 Å². The van der Waals surface area contributed by atoms with Gasteiger partial charge in [-0.1, -0.05) is 17.4 Å². The maximum Gasteiger partial charge on any atom is 0.230 e. The van der Waals surface area contributed by atoms with Gasteiger partial charge in [-0.25, -0.2) is 9.97 Å². The number of hydrogen-bond donors (Lipinski definition) is 1. The van der Waals surface area contributed by atoms with E-state index in [4.69, 9.17) is 0 Å². The van der Waals surface area contributed by atoms with Crippen LogP contribution in [0.25, 0.3) is 17.3 Å². The summed E-state index contributed by atoms with van der Waals surface area (Å²) in [5, 5.41) is 23.6. The van der Waals surface area contributed by atoms with Crippen LogP contribution >= 0.6 is 11.3 Å². The van der Waals surface area contributed by atoms with Gasteiger partial charge in [0.2, 0.25) is 5.95 Å². The van der Waals surface area contributed by atoms with Gasteiger partial charge in [0, 0.05) is 32.7 Å². The van der Waals surface area contributed by atoms with E-state index >= 15 is 0 Å². The Balaban J connectivity index is 1.79. The molecule has 0 atom stereocenters. The minimum atomic E-state index is 0.282. The molecule has 0 spiro atoms. The minimum Gasteiger partial charge on any atom is -0.354 e. The fourth-order valence-electron chi connectivity index (χ4n) is 2.37. The van der Waals surface area contributed by atoms with Crippen LogP contribution in [0.1, 0.15) is 5.56 Å². The van der Waals surface area contributed by atoms with Crippen molar-refractivity contribution >= 4 is 27.3 Å². The zero-order valence-electron chi connectivity index (χ0n) is 15.0. The quantitative estimate of drug-likeness (QED) is 0.520. The first kappa shape index (κ1) is 17.5. The smallest absolute Gasteiger partial charge is 0.230 e. The summed E-state index contributed by atoms with van der Waals surface area (Å²) in [7, 11) is 3.81. The molecule has 11 heteroatoms. The molecule has 0 aromatic carbocycles. The van der Waals surface area contributed by atoms with Crippen LogP contribution in [0.2, 0.25) is 0 Å². The second-order valence-corrected chi connectivity index (χ2v) is 6.73. The molecule has 10 nitrogen and oxygen atoms in total. The van der Waals surface area contributed by atoms with Gasteiger partial charge in [0.1, 0.15) is 17.3 Å². The Morgan fingerprint density at radius 3 is 2.79 bits per heavy atom. The van der Waals surface area contributed by atoms with E-state index < -0.39 is 0 Å². The second kappa shape index (κ2) is 7.37. The lowest BCUT2D eigenvalue weighted by atomic mass is 10.3. The second-order valence-electron chi connectivity index (χ2n) is 5.78. The first-order valence-corrected chi connectivity index (χ1v) is 8.98. The van der Waals surface area contributed by atoms with Crippen molar-refractivity contribution in [2.75, 3.05) is 19.0 Å². The first-order chi connectivity index (χ1) is 13.7. The highest BCUT2D eigenvalue weighted by molar-refractivity contribution is 7.19. The molecule has 0 amide bonds. The molecule has 0 bridgehead atoms. The topological polar surface area (TPSA) is 124 Å². The van der Waals surface area contributed by atoms with E-state index in [2.05, 4.69) is 41.3 Å². The Morgan fingerprint density at radius 1 is 1.21 bits per heavy atom. The Kier molecular flexibility index (Phi) is 4.61. The number of pyridine rings is 1. The van der Waals surface area contributed by atoms with E-state index in [0.717, 1.165) is 5.13 Å². The van der Waals surface area contributed by atoms with Crippen LogP contribution in [0.5, 0.6) is 0 Å². The van der Waals surface area contributed by atoms with E-state index in [-0.39, 0.29) is 11.4 Å². The Labute approximate surface area is 163 Å². The third-order valence-electron chi connectivity index (χ3n) is 3.67. The number of aromatic nitrogens is 6. The average molecular weight is 390 g/mol. The highest BCUT2D eigenvalue weighted by Crippen LogP contribution is 2.39. The van der Waals surface area contributed by atoms with Crippen molar-refractivity contribution in [1.29, 1.82) is 5.26 Å². The number of H-pyrrole nitrogens is 1. The number of thiazole rings is 1. The molecule has 0 aliphatic heterocycles. The fraction of sp³-hybridized carbons (Fsp3) is 0.118. The van der Waals surface area contributed by atoms with Crippen LogP contribution < -0.4 is 4.90 Å². The molecule has 4 aromatic heterocycles. The summed E-state index contributed by atoms with van der Waals surface area (Å²) in [5.74, 6) is 0.725. The van der Waals surface area contributed by atoms with Gasteiger partial charge in [-0.15, -0.1) is 10.2 Å². The van der Waals surface area contributed by atoms with E-state index in [1.807, 2.05) is 37.2 Å². The van der Waals surface area contributed by atoms with Gasteiger partial charge in [0.25, 0.3) is 0 Å². The lowest BCUT2D eigenvalue weighted by Gasteiger charge is -2.05. The lowest BCUT2D eigenvalue weighted by molar-refractivity contribution is 0.819. The number of aromatic amines is 1. The monoisotopic (exact) mass is 390 g/mol. The molecule has 138 valence electrons. The highest BCUT2D eigenvalue weighted by atomic mass is 32.1. The molecule has 4 heterocycles. The van der Waals surface area contributed by atoms with Crippen LogP contribution in [-0.2, 0) is 0 Å². The lowest BCUT2D eigenvalue weighted by Crippen LogP contribution is -2.07. The molecule has 0 saturated carbocycles. The first-order valence-electron chi connectivity index (χ1n) is 8.16. The molecule has 4 aromatic rings. The number of anilines is 1. The van der Waals surface area contributed by atoms with Crippen LogP contribution in [0.4, 0.5) is 16.0 Å². The molecule has 0 saturated heterocycles. The molecule has 0 radical (unpaired) electrons. The van der Waals surface area contributed by atoms with Gasteiger partial charge in [-0.05, 0) is 12.1 Å². The molecule has 4 rings (SSSR count). The fourth-order valence-corrected chi connectivity index (χ4v) is 3.19. The number of imidazole rings is 1. The van der Waals surface area contributed by atoms with Gasteiger partial charge < -0.3 is 9.88 Å². The zero-order chi connectivity index (χ0) is 19.5. The Morgan fingerprint density at radius 2 is 2.11 bits per heavy atom. The number of nitrogens with one attached hydrogen (secondary N) is 1.